The van der Waals surface area contributed by atoms with E-state index in [4.69, 9.17) is 0 Å². The Bertz CT molecular complexity index is 127. The van der Waals surface area contributed by atoms with Crippen molar-refractivity contribution in [1.29, 1.82) is 0 Å². The minimum atomic E-state index is 1.01. The minimum Gasteiger partial charge on any atom is -0.103 e. The van der Waals surface area contributed by atoms with Gasteiger partial charge >= 0.3 is 0 Å². The van der Waals surface area contributed by atoms with Gasteiger partial charge in [0.05, 0.1) is 0 Å². The van der Waals surface area contributed by atoms with E-state index in [1.54, 1.807) is 0 Å². The van der Waals surface area contributed by atoms with Gasteiger partial charge in [-0.3, -0.25) is 0 Å². The highest BCUT2D eigenvalue weighted by Crippen LogP contribution is 2.24. The molecule has 1 aliphatic rings. The lowest BCUT2D eigenvalue weighted by Gasteiger charge is -2.17. The summed E-state index contributed by atoms with van der Waals surface area (Å²) in [4.78, 5) is 0. The molecule has 0 aromatic carbocycles. The molecule has 0 radical (unpaired) electrons. The second kappa shape index (κ2) is 8.08. The van der Waals surface area contributed by atoms with Crippen LogP contribution in [-0.2, 0) is 0 Å². The molecule has 0 amide bonds. The summed E-state index contributed by atoms with van der Waals surface area (Å²) in [5.41, 5.74) is 0. The second-order valence-corrected chi connectivity index (χ2v) is 4.78. The highest BCUT2D eigenvalue weighted by molar-refractivity contribution is 4.70. The predicted octanol–water partition coefficient (Wildman–Crippen LogP) is 5.09. The van der Waals surface area contributed by atoms with E-state index >= 15 is 0 Å². The molecule has 0 heteroatoms. The molecule has 0 atom stereocenters. The molecular weight excluding hydrogens is 168 g/mol. The summed E-state index contributed by atoms with van der Waals surface area (Å²) in [6.45, 7) is 3.82. The van der Waals surface area contributed by atoms with Gasteiger partial charge in [-0.25, -0.2) is 0 Å². The third-order valence-corrected chi connectivity index (χ3v) is 3.50. The van der Waals surface area contributed by atoms with Crippen molar-refractivity contribution in [2.24, 2.45) is 5.92 Å². The molecule has 1 aliphatic carbocycles. The topological polar surface area (TPSA) is 0 Å². The van der Waals surface area contributed by atoms with Crippen LogP contribution in [0.5, 0.6) is 0 Å². The van der Waals surface area contributed by atoms with E-state index in [0.29, 0.717) is 0 Å². The minimum absolute atomic E-state index is 1.01. The van der Waals surface area contributed by atoms with Crippen LogP contribution < -0.4 is 0 Å². The molecule has 1 rings (SSSR count). The summed E-state index contributed by atoms with van der Waals surface area (Å²) in [6, 6.07) is 0. The average molecular weight is 194 g/mol. The maximum Gasteiger partial charge on any atom is -0.0351 e. The maximum absolute atomic E-state index is 3.82. The molecular formula is C14H26. The van der Waals surface area contributed by atoms with Gasteiger partial charge in [-0.15, -0.1) is 6.58 Å². The van der Waals surface area contributed by atoms with Crippen LogP contribution in [0.1, 0.15) is 70.6 Å². The van der Waals surface area contributed by atoms with Crippen LogP contribution in [0.4, 0.5) is 0 Å². The fourth-order valence-electron chi connectivity index (χ4n) is 2.54. The van der Waals surface area contributed by atoms with Gasteiger partial charge < -0.3 is 0 Å². The zero-order valence-corrected chi connectivity index (χ0v) is 9.64. The average Bonchev–Trinajstić information content (AvgIpc) is 2.23. The van der Waals surface area contributed by atoms with Crippen molar-refractivity contribution < 1.29 is 0 Å². The third-order valence-electron chi connectivity index (χ3n) is 3.50. The Labute approximate surface area is 89.8 Å². The van der Waals surface area contributed by atoms with Gasteiger partial charge in [-0.05, 0) is 18.8 Å². The first-order valence-corrected chi connectivity index (χ1v) is 6.54. The standard InChI is InChI=1S/C14H26/c1-2-3-11-14-12-9-7-5-4-6-8-10-13-14/h2,14H,1,3-13H2. The highest BCUT2D eigenvalue weighted by Gasteiger charge is 2.08. The Morgan fingerprint density at radius 3 is 1.86 bits per heavy atom. The van der Waals surface area contributed by atoms with Crippen LogP contribution in [-0.4, -0.2) is 0 Å². The molecule has 0 spiro atoms. The Morgan fingerprint density at radius 2 is 1.36 bits per heavy atom. The molecule has 0 aromatic rings. The Kier molecular flexibility index (Phi) is 6.82. The van der Waals surface area contributed by atoms with Gasteiger partial charge in [0.1, 0.15) is 0 Å². The van der Waals surface area contributed by atoms with E-state index < -0.39 is 0 Å². The van der Waals surface area contributed by atoms with Gasteiger partial charge in [0.25, 0.3) is 0 Å². The summed E-state index contributed by atoms with van der Waals surface area (Å²) in [5, 5.41) is 0. The molecule has 0 nitrogen and oxygen atoms in total. The molecule has 0 saturated heterocycles. The number of hydrogen-bond donors (Lipinski definition) is 0. The first-order valence-electron chi connectivity index (χ1n) is 6.54. The van der Waals surface area contributed by atoms with E-state index in [2.05, 4.69) is 12.7 Å². The zero-order valence-electron chi connectivity index (χ0n) is 9.64. The first-order chi connectivity index (χ1) is 6.93. The largest absolute Gasteiger partial charge is 0.103 e. The molecule has 0 aromatic heterocycles. The Hall–Kier alpha value is -0.260. The molecule has 0 unspecified atom stereocenters. The molecule has 0 heterocycles. The van der Waals surface area contributed by atoms with Crippen molar-refractivity contribution in [3.8, 4) is 0 Å². The van der Waals surface area contributed by atoms with Crippen molar-refractivity contribution in [2.45, 2.75) is 70.6 Å². The van der Waals surface area contributed by atoms with Gasteiger partial charge in [0.2, 0.25) is 0 Å². The van der Waals surface area contributed by atoms with Gasteiger partial charge in [0.15, 0.2) is 0 Å². The van der Waals surface area contributed by atoms with E-state index in [-0.39, 0.29) is 0 Å². The SMILES string of the molecule is C=CCCC1CCCCCCCCC1. The normalized spacial score (nSPS) is 21.7. The quantitative estimate of drug-likeness (QED) is 0.549. The van der Waals surface area contributed by atoms with Crippen molar-refractivity contribution in [3.63, 3.8) is 0 Å². The lowest BCUT2D eigenvalue weighted by Crippen LogP contribution is -2.02. The lowest BCUT2D eigenvalue weighted by molar-refractivity contribution is 0.371. The van der Waals surface area contributed by atoms with E-state index in [1.165, 1.54) is 70.6 Å². The van der Waals surface area contributed by atoms with Crippen LogP contribution in [0, 0.1) is 5.92 Å². The summed E-state index contributed by atoms with van der Waals surface area (Å²) in [6.07, 6.45) is 18.0. The molecule has 0 aliphatic heterocycles. The zero-order chi connectivity index (χ0) is 10.1. The van der Waals surface area contributed by atoms with Crippen LogP contribution in [0.2, 0.25) is 0 Å². The van der Waals surface area contributed by atoms with Crippen LogP contribution in [0.3, 0.4) is 0 Å². The van der Waals surface area contributed by atoms with E-state index in [1.807, 2.05) is 0 Å². The van der Waals surface area contributed by atoms with Crippen LogP contribution in [0.15, 0.2) is 12.7 Å². The summed E-state index contributed by atoms with van der Waals surface area (Å²) in [7, 11) is 0. The Morgan fingerprint density at radius 1 is 0.857 bits per heavy atom. The summed E-state index contributed by atoms with van der Waals surface area (Å²) in [5.74, 6) is 1.01. The van der Waals surface area contributed by atoms with Gasteiger partial charge in [-0.2, -0.15) is 0 Å². The predicted molar refractivity (Wildman–Crippen MR) is 64.5 cm³/mol. The monoisotopic (exact) mass is 194 g/mol. The van der Waals surface area contributed by atoms with Gasteiger partial charge in [0, 0.05) is 0 Å². The Balaban J connectivity index is 2.19. The highest BCUT2D eigenvalue weighted by atomic mass is 14.1. The number of rotatable bonds is 3. The molecule has 0 bridgehead atoms. The van der Waals surface area contributed by atoms with Crippen LogP contribution in [0.25, 0.3) is 0 Å². The summed E-state index contributed by atoms with van der Waals surface area (Å²) < 4.78 is 0. The fraction of sp³-hybridized carbons (Fsp3) is 0.857. The van der Waals surface area contributed by atoms with Crippen LogP contribution >= 0.6 is 0 Å². The molecule has 82 valence electrons. The first kappa shape index (κ1) is 11.8. The maximum atomic E-state index is 3.82. The molecule has 1 saturated carbocycles. The third kappa shape index (κ3) is 5.47. The van der Waals surface area contributed by atoms with Crippen molar-refractivity contribution in [1.82, 2.24) is 0 Å². The fourth-order valence-corrected chi connectivity index (χ4v) is 2.54. The molecule has 1 fully saturated rings. The molecule has 0 N–H and O–H groups in total. The van der Waals surface area contributed by atoms with Crippen molar-refractivity contribution in [3.05, 3.63) is 12.7 Å². The number of allylic oxidation sites excluding steroid dienone is 1. The number of hydrogen-bond acceptors (Lipinski definition) is 0. The molecule has 14 heavy (non-hydrogen) atoms. The van der Waals surface area contributed by atoms with E-state index in [0.717, 1.165) is 5.92 Å². The van der Waals surface area contributed by atoms with Gasteiger partial charge in [-0.1, -0.05) is 63.9 Å². The second-order valence-electron chi connectivity index (χ2n) is 4.78. The lowest BCUT2D eigenvalue weighted by atomic mass is 9.89. The van der Waals surface area contributed by atoms with Crippen molar-refractivity contribution >= 4 is 0 Å². The van der Waals surface area contributed by atoms with E-state index in [9.17, 15) is 0 Å². The smallest absolute Gasteiger partial charge is 0.0351 e. The van der Waals surface area contributed by atoms with Crippen molar-refractivity contribution in [2.75, 3.05) is 0 Å². The summed E-state index contributed by atoms with van der Waals surface area (Å²) >= 11 is 0.